The average Bonchev–Trinajstić information content (AvgIpc) is 2.54. The first-order valence-corrected chi connectivity index (χ1v) is 5.14. The fraction of sp³-hybridized carbons (Fsp3) is 0.600. The normalized spacial score (nSPS) is 10.1. The summed E-state index contributed by atoms with van der Waals surface area (Å²) in [7, 11) is 1.88. The Morgan fingerprint density at radius 1 is 1.53 bits per heavy atom. The molecule has 1 aromatic rings. The lowest BCUT2D eigenvalue weighted by atomic mass is 10.2. The first-order chi connectivity index (χ1) is 7.15. The quantitative estimate of drug-likeness (QED) is 0.777. The molecule has 1 heterocycles. The van der Waals surface area contributed by atoms with Crippen LogP contribution < -0.4 is 10.6 Å². The Morgan fingerprint density at radius 2 is 2.27 bits per heavy atom. The van der Waals surface area contributed by atoms with Crippen molar-refractivity contribution in [1.29, 1.82) is 0 Å². The van der Waals surface area contributed by atoms with Gasteiger partial charge in [0.05, 0.1) is 6.20 Å². The van der Waals surface area contributed by atoms with Gasteiger partial charge in [0.1, 0.15) is 0 Å². The molecule has 2 N–H and O–H groups in total. The molecule has 5 heteroatoms. The van der Waals surface area contributed by atoms with Crippen LogP contribution in [-0.2, 0) is 13.6 Å². The van der Waals surface area contributed by atoms with Gasteiger partial charge in [-0.15, -0.1) is 0 Å². The summed E-state index contributed by atoms with van der Waals surface area (Å²) in [6.07, 6.45) is 2.72. The summed E-state index contributed by atoms with van der Waals surface area (Å²) in [4.78, 5) is 11.2. The summed E-state index contributed by atoms with van der Waals surface area (Å²) in [6, 6.07) is -0.125. The van der Waals surface area contributed by atoms with E-state index in [0.717, 1.165) is 17.7 Å². The zero-order valence-corrected chi connectivity index (χ0v) is 9.50. The topological polar surface area (TPSA) is 59.0 Å². The summed E-state index contributed by atoms with van der Waals surface area (Å²) in [5, 5.41) is 9.64. The summed E-state index contributed by atoms with van der Waals surface area (Å²) < 4.78 is 1.79. The van der Waals surface area contributed by atoms with Gasteiger partial charge in [-0.1, -0.05) is 6.92 Å². The van der Waals surface area contributed by atoms with Crippen LogP contribution in [0.2, 0.25) is 0 Å². The highest BCUT2D eigenvalue weighted by Crippen LogP contribution is 2.04. The molecule has 0 saturated carbocycles. The van der Waals surface area contributed by atoms with Crippen molar-refractivity contribution in [3.05, 3.63) is 17.5 Å². The number of amides is 2. The molecule has 0 aromatic carbocycles. The maximum atomic E-state index is 11.2. The molecule has 0 atom stereocenters. The molecule has 15 heavy (non-hydrogen) atoms. The lowest BCUT2D eigenvalue weighted by Crippen LogP contribution is -2.35. The first kappa shape index (κ1) is 11.6. The van der Waals surface area contributed by atoms with Crippen LogP contribution in [0.25, 0.3) is 0 Å². The van der Waals surface area contributed by atoms with Crippen LogP contribution in [-0.4, -0.2) is 22.4 Å². The van der Waals surface area contributed by atoms with E-state index in [-0.39, 0.29) is 6.03 Å². The van der Waals surface area contributed by atoms with E-state index in [0.29, 0.717) is 13.1 Å². The van der Waals surface area contributed by atoms with Gasteiger partial charge >= 0.3 is 6.03 Å². The average molecular weight is 210 g/mol. The van der Waals surface area contributed by atoms with Crippen LogP contribution in [0.3, 0.4) is 0 Å². The molecule has 0 fully saturated rings. The summed E-state index contributed by atoms with van der Waals surface area (Å²) in [5.74, 6) is 0. The molecule has 0 aliphatic carbocycles. The van der Waals surface area contributed by atoms with Crippen LogP contribution in [0.5, 0.6) is 0 Å². The van der Waals surface area contributed by atoms with Crippen molar-refractivity contribution >= 4 is 6.03 Å². The van der Waals surface area contributed by atoms with Crippen molar-refractivity contribution in [3.63, 3.8) is 0 Å². The smallest absolute Gasteiger partial charge is 0.315 e. The van der Waals surface area contributed by atoms with E-state index < -0.39 is 0 Å². The molecular formula is C10H18N4O. The second-order valence-corrected chi connectivity index (χ2v) is 3.49. The zero-order valence-electron chi connectivity index (χ0n) is 9.50. The molecule has 1 rings (SSSR count). The Morgan fingerprint density at radius 3 is 2.80 bits per heavy atom. The van der Waals surface area contributed by atoms with Crippen LogP contribution in [0.1, 0.15) is 24.6 Å². The first-order valence-electron chi connectivity index (χ1n) is 5.14. The minimum absolute atomic E-state index is 0.125. The second-order valence-electron chi connectivity index (χ2n) is 3.49. The number of aryl methyl sites for hydroxylation is 1. The fourth-order valence-electron chi connectivity index (χ4n) is 1.19. The highest BCUT2D eigenvalue weighted by Gasteiger charge is 2.04. The van der Waals surface area contributed by atoms with E-state index in [4.69, 9.17) is 0 Å². The monoisotopic (exact) mass is 210 g/mol. The molecule has 5 nitrogen and oxygen atoms in total. The van der Waals surface area contributed by atoms with Crippen LogP contribution in [0, 0.1) is 6.92 Å². The SMILES string of the molecule is CCCNC(=O)NCc1cnn(C)c1C. The van der Waals surface area contributed by atoms with Crippen LogP contribution in [0.15, 0.2) is 6.20 Å². The highest BCUT2D eigenvalue weighted by molar-refractivity contribution is 5.73. The Hall–Kier alpha value is -1.52. The van der Waals surface area contributed by atoms with E-state index in [1.54, 1.807) is 10.9 Å². The molecule has 0 aliphatic rings. The zero-order chi connectivity index (χ0) is 11.3. The van der Waals surface area contributed by atoms with Crippen molar-refractivity contribution in [1.82, 2.24) is 20.4 Å². The van der Waals surface area contributed by atoms with Gasteiger partial charge in [-0.25, -0.2) is 4.79 Å². The number of rotatable bonds is 4. The van der Waals surface area contributed by atoms with E-state index in [9.17, 15) is 4.79 Å². The summed E-state index contributed by atoms with van der Waals surface area (Å²) >= 11 is 0. The standard InChI is InChI=1S/C10H18N4O/c1-4-5-11-10(15)12-6-9-7-13-14(3)8(9)2/h7H,4-6H2,1-3H3,(H2,11,12,15). The minimum atomic E-state index is -0.125. The Bertz CT molecular complexity index is 332. The van der Waals surface area contributed by atoms with Gasteiger partial charge in [0.25, 0.3) is 0 Å². The number of nitrogens with one attached hydrogen (secondary N) is 2. The highest BCUT2D eigenvalue weighted by atomic mass is 16.2. The van der Waals surface area contributed by atoms with Gasteiger partial charge < -0.3 is 10.6 Å². The number of nitrogens with zero attached hydrogens (tertiary/aromatic N) is 2. The third-order valence-electron chi connectivity index (χ3n) is 2.31. The van der Waals surface area contributed by atoms with Crippen molar-refractivity contribution in [2.75, 3.05) is 6.54 Å². The van der Waals surface area contributed by atoms with E-state index in [1.807, 2.05) is 20.9 Å². The molecule has 1 aromatic heterocycles. The summed E-state index contributed by atoms with van der Waals surface area (Å²) in [6.45, 7) is 5.23. The number of aromatic nitrogens is 2. The molecule has 2 amide bonds. The fourth-order valence-corrected chi connectivity index (χ4v) is 1.19. The van der Waals surface area contributed by atoms with Crippen molar-refractivity contribution < 1.29 is 4.79 Å². The van der Waals surface area contributed by atoms with Gasteiger partial charge in [-0.3, -0.25) is 4.68 Å². The molecule has 0 bridgehead atoms. The number of carbonyl (C=O) groups is 1. The maximum absolute atomic E-state index is 11.2. The molecular weight excluding hydrogens is 192 g/mol. The van der Waals surface area contributed by atoms with Crippen LogP contribution >= 0.6 is 0 Å². The third kappa shape index (κ3) is 3.27. The van der Waals surface area contributed by atoms with Gasteiger partial charge in [0.2, 0.25) is 0 Å². The van der Waals surface area contributed by atoms with Crippen molar-refractivity contribution in [2.24, 2.45) is 7.05 Å². The number of carbonyl (C=O) groups excluding carboxylic acids is 1. The summed E-state index contributed by atoms with van der Waals surface area (Å²) in [5.41, 5.74) is 2.12. The van der Waals surface area contributed by atoms with Crippen molar-refractivity contribution in [3.8, 4) is 0 Å². The Kier molecular flexibility index (Phi) is 4.15. The Balaban J connectivity index is 2.37. The van der Waals surface area contributed by atoms with E-state index in [2.05, 4.69) is 15.7 Å². The predicted octanol–water partition coefficient (Wildman–Crippen LogP) is 0.938. The molecule has 0 spiro atoms. The number of hydrogen-bond donors (Lipinski definition) is 2. The van der Waals surface area contributed by atoms with E-state index in [1.165, 1.54) is 0 Å². The van der Waals surface area contributed by atoms with Gasteiger partial charge in [0, 0.05) is 31.4 Å². The number of hydrogen-bond acceptors (Lipinski definition) is 2. The minimum Gasteiger partial charge on any atom is -0.338 e. The Labute approximate surface area is 89.9 Å². The molecule has 84 valence electrons. The molecule has 0 unspecified atom stereocenters. The lowest BCUT2D eigenvalue weighted by molar-refractivity contribution is 0.240. The molecule has 0 aliphatic heterocycles. The molecule has 0 radical (unpaired) electrons. The maximum Gasteiger partial charge on any atom is 0.315 e. The number of urea groups is 1. The van der Waals surface area contributed by atoms with Gasteiger partial charge in [-0.2, -0.15) is 5.10 Å². The van der Waals surface area contributed by atoms with E-state index >= 15 is 0 Å². The largest absolute Gasteiger partial charge is 0.338 e. The predicted molar refractivity (Wildman–Crippen MR) is 58.5 cm³/mol. The molecule has 0 saturated heterocycles. The third-order valence-corrected chi connectivity index (χ3v) is 2.31. The second kappa shape index (κ2) is 5.38. The van der Waals surface area contributed by atoms with Gasteiger partial charge in [0.15, 0.2) is 0 Å². The van der Waals surface area contributed by atoms with Crippen molar-refractivity contribution in [2.45, 2.75) is 26.8 Å². The van der Waals surface area contributed by atoms with Crippen LogP contribution in [0.4, 0.5) is 4.79 Å². The van der Waals surface area contributed by atoms with Gasteiger partial charge in [-0.05, 0) is 13.3 Å². The lowest BCUT2D eigenvalue weighted by Gasteiger charge is -2.05.